The third-order valence-corrected chi connectivity index (χ3v) is 4.10. The summed E-state index contributed by atoms with van der Waals surface area (Å²) in [4.78, 5) is 1.35. The van der Waals surface area contributed by atoms with Crippen molar-refractivity contribution in [1.29, 1.82) is 0 Å². The number of nitrogens with one attached hydrogen (secondary N) is 1. The smallest absolute Gasteiger partial charge is 0.0342 e. The average molecular weight is 229 g/mol. The van der Waals surface area contributed by atoms with Crippen LogP contribution in [0, 0.1) is 0 Å². The fourth-order valence-electron chi connectivity index (χ4n) is 2.29. The average Bonchev–Trinajstić information content (AvgIpc) is 3.03. The van der Waals surface area contributed by atoms with Gasteiger partial charge in [0.15, 0.2) is 0 Å². The normalized spacial score (nSPS) is 20.1. The first-order valence-electron chi connectivity index (χ1n) is 5.81. The van der Waals surface area contributed by atoms with Crippen molar-refractivity contribution in [2.45, 2.75) is 18.9 Å². The van der Waals surface area contributed by atoms with E-state index < -0.39 is 0 Å². The van der Waals surface area contributed by atoms with Crippen LogP contribution in [0.15, 0.2) is 41.8 Å². The first-order valence-corrected chi connectivity index (χ1v) is 6.69. The second-order valence-electron chi connectivity index (χ2n) is 4.25. The highest BCUT2D eigenvalue weighted by atomic mass is 32.1. The van der Waals surface area contributed by atoms with Crippen LogP contribution in [-0.4, -0.2) is 6.54 Å². The number of benzene rings is 1. The molecule has 2 heterocycles. The summed E-state index contributed by atoms with van der Waals surface area (Å²) in [5.74, 6) is 0. The van der Waals surface area contributed by atoms with Gasteiger partial charge in [0.1, 0.15) is 0 Å². The molecule has 82 valence electrons. The van der Waals surface area contributed by atoms with E-state index >= 15 is 0 Å². The largest absolute Gasteiger partial charge is 0.310 e. The Kier molecular flexibility index (Phi) is 2.77. The van der Waals surface area contributed by atoms with Crippen molar-refractivity contribution < 1.29 is 0 Å². The Morgan fingerprint density at radius 3 is 2.62 bits per heavy atom. The highest BCUT2D eigenvalue weighted by molar-refractivity contribution is 7.13. The SMILES string of the molecule is c1csc(-c2ccc([C@@H]3CCCN3)cc2)c1. The van der Waals surface area contributed by atoms with E-state index in [0.29, 0.717) is 6.04 Å². The quantitative estimate of drug-likeness (QED) is 0.825. The van der Waals surface area contributed by atoms with Gasteiger partial charge in [-0.2, -0.15) is 0 Å². The van der Waals surface area contributed by atoms with Gasteiger partial charge in [-0.3, -0.25) is 0 Å². The van der Waals surface area contributed by atoms with Gasteiger partial charge in [-0.1, -0.05) is 30.3 Å². The maximum atomic E-state index is 3.53. The summed E-state index contributed by atoms with van der Waals surface area (Å²) in [6, 6.07) is 13.9. The summed E-state index contributed by atoms with van der Waals surface area (Å²) in [5, 5.41) is 5.66. The zero-order chi connectivity index (χ0) is 10.8. The minimum absolute atomic E-state index is 0.581. The van der Waals surface area contributed by atoms with Crippen LogP contribution in [0.25, 0.3) is 10.4 Å². The molecule has 1 aliphatic heterocycles. The molecule has 0 spiro atoms. The Hall–Kier alpha value is -1.12. The van der Waals surface area contributed by atoms with Crippen molar-refractivity contribution in [2.75, 3.05) is 6.54 Å². The molecular formula is C14H15NS. The summed E-state index contributed by atoms with van der Waals surface area (Å²) in [7, 11) is 0. The van der Waals surface area contributed by atoms with Crippen LogP contribution in [0.2, 0.25) is 0 Å². The van der Waals surface area contributed by atoms with E-state index in [2.05, 4.69) is 47.1 Å². The first kappa shape index (κ1) is 10.1. The highest BCUT2D eigenvalue weighted by Gasteiger charge is 2.15. The van der Waals surface area contributed by atoms with E-state index in [-0.39, 0.29) is 0 Å². The van der Waals surface area contributed by atoms with Crippen LogP contribution in [0.1, 0.15) is 24.4 Å². The summed E-state index contributed by atoms with van der Waals surface area (Å²) in [5.41, 5.74) is 2.76. The minimum atomic E-state index is 0.581. The predicted molar refractivity (Wildman–Crippen MR) is 69.7 cm³/mol. The van der Waals surface area contributed by atoms with Crippen LogP contribution in [-0.2, 0) is 0 Å². The Morgan fingerprint density at radius 2 is 2.00 bits per heavy atom. The standard InChI is InChI=1S/C14H15NS/c1-3-13(15-9-1)11-5-7-12(8-6-11)14-4-2-10-16-14/h2,4-8,10,13,15H,1,3,9H2/t13-/m0/s1. The lowest BCUT2D eigenvalue weighted by atomic mass is 10.0. The fraction of sp³-hybridized carbons (Fsp3) is 0.286. The molecule has 1 atom stereocenters. The lowest BCUT2D eigenvalue weighted by Crippen LogP contribution is -2.12. The molecule has 16 heavy (non-hydrogen) atoms. The molecule has 0 radical (unpaired) electrons. The van der Waals surface area contributed by atoms with E-state index in [0.717, 1.165) is 6.54 Å². The maximum Gasteiger partial charge on any atom is 0.0342 e. The van der Waals surface area contributed by atoms with Gasteiger partial charge in [-0.05, 0) is 42.0 Å². The monoisotopic (exact) mass is 229 g/mol. The summed E-state index contributed by atoms with van der Waals surface area (Å²) >= 11 is 1.80. The molecule has 1 N–H and O–H groups in total. The second kappa shape index (κ2) is 4.40. The van der Waals surface area contributed by atoms with E-state index in [1.165, 1.54) is 28.8 Å². The molecule has 0 amide bonds. The molecule has 1 aromatic heterocycles. The van der Waals surface area contributed by atoms with Crippen molar-refractivity contribution in [3.05, 3.63) is 47.3 Å². The van der Waals surface area contributed by atoms with Gasteiger partial charge in [-0.15, -0.1) is 11.3 Å². The zero-order valence-corrected chi connectivity index (χ0v) is 9.96. The van der Waals surface area contributed by atoms with Gasteiger partial charge >= 0.3 is 0 Å². The van der Waals surface area contributed by atoms with Gasteiger partial charge in [0, 0.05) is 10.9 Å². The molecular weight excluding hydrogens is 214 g/mol. The number of hydrogen-bond donors (Lipinski definition) is 1. The first-order chi connectivity index (χ1) is 7.93. The van der Waals surface area contributed by atoms with Crippen molar-refractivity contribution in [3.8, 4) is 10.4 Å². The van der Waals surface area contributed by atoms with Crippen LogP contribution >= 0.6 is 11.3 Å². The third-order valence-electron chi connectivity index (χ3n) is 3.18. The number of rotatable bonds is 2. The predicted octanol–water partition coefficient (Wildman–Crippen LogP) is 3.84. The molecule has 2 heteroatoms. The zero-order valence-electron chi connectivity index (χ0n) is 9.15. The van der Waals surface area contributed by atoms with Crippen molar-refractivity contribution >= 4 is 11.3 Å². The second-order valence-corrected chi connectivity index (χ2v) is 5.20. The molecule has 0 bridgehead atoms. The Morgan fingerprint density at radius 1 is 1.12 bits per heavy atom. The Balaban J connectivity index is 1.84. The van der Waals surface area contributed by atoms with Crippen molar-refractivity contribution in [1.82, 2.24) is 5.32 Å². The third kappa shape index (κ3) is 1.91. The number of thiophene rings is 1. The van der Waals surface area contributed by atoms with E-state index in [4.69, 9.17) is 0 Å². The molecule has 1 nitrogen and oxygen atoms in total. The molecule has 0 saturated carbocycles. The number of hydrogen-bond acceptors (Lipinski definition) is 2. The molecule has 0 aliphatic carbocycles. The molecule has 1 saturated heterocycles. The molecule has 3 rings (SSSR count). The van der Waals surface area contributed by atoms with Crippen molar-refractivity contribution in [3.63, 3.8) is 0 Å². The van der Waals surface area contributed by atoms with Crippen LogP contribution in [0.3, 0.4) is 0 Å². The van der Waals surface area contributed by atoms with Crippen LogP contribution < -0.4 is 5.32 Å². The molecule has 1 aromatic carbocycles. The minimum Gasteiger partial charge on any atom is -0.310 e. The van der Waals surface area contributed by atoms with Crippen LogP contribution in [0.5, 0.6) is 0 Å². The van der Waals surface area contributed by atoms with E-state index in [9.17, 15) is 0 Å². The molecule has 2 aromatic rings. The molecule has 1 fully saturated rings. The summed E-state index contributed by atoms with van der Waals surface area (Å²) in [6.45, 7) is 1.16. The van der Waals surface area contributed by atoms with Crippen molar-refractivity contribution in [2.24, 2.45) is 0 Å². The van der Waals surface area contributed by atoms with E-state index in [1.54, 1.807) is 11.3 Å². The lowest BCUT2D eigenvalue weighted by Gasteiger charge is -2.10. The topological polar surface area (TPSA) is 12.0 Å². The van der Waals surface area contributed by atoms with Gasteiger partial charge < -0.3 is 5.32 Å². The van der Waals surface area contributed by atoms with Gasteiger partial charge in [0.2, 0.25) is 0 Å². The summed E-state index contributed by atoms with van der Waals surface area (Å²) < 4.78 is 0. The summed E-state index contributed by atoms with van der Waals surface area (Å²) in [6.07, 6.45) is 2.58. The van der Waals surface area contributed by atoms with Crippen LogP contribution in [0.4, 0.5) is 0 Å². The lowest BCUT2D eigenvalue weighted by molar-refractivity contribution is 0.648. The molecule has 1 aliphatic rings. The Labute approximate surface area is 100 Å². The van der Waals surface area contributed by atoms with E-state index in [1.807, 2.05) is 0 Å². The highest BCUT2D eigenvalue weighted by Crippen LogP contribution is 2.28. The fourth-order valence-corrected chi connectivity index (χ4v) is 3.02. The van der Waals surface area contributed by atoms with Gasteiger partial charge in [-0.25, -0.2) is 0 Å². The molecule has 0 unspecified atom stereocenters. The van der Waals surface area contributed by atoms with Gasteiger partial charge in [0.05, 0.1) is 0 Å². The maximum absolute atomic E-state index is 3.53. The Bertz CT molecular complexity index is 438. The van der Waals surface area contributed by atoms with Gasteiger partial charge in [0.25, 0.3) is 0 Å².